The van der Waals surface area contributed by atoms with Crippen molar-refractivity contribution in [3.63, 3.8) is 0 Å². The number of amides is 1. The summed E-state index contributed by atoms with van der Waals surface area (Å²) >= 11 is 1.17. The van der Waals surface area contributed by atoms with E-state index in [2.05, 4.69) is 0 Å². The Kier molecular flexibility index (Phi) is 5.80. The average Bonchev–Trinajstić information content (AvgIpc) is 3.44. The molecule has 0 N–H and O–H groups in total. The molecule has 1 amide bonds. The van der Waals surface area contributed by atoms with Gasteiger partial charge in [-0.25, -0.2) is 8.42 Å². The molecule has 1 saturated heterocycles. The molecule has 3 heterocycles. The third-order valence-electron chi connectivity index (χ3n) is 5.18. The predicted octanol–water partition coefficient (Wildman–Crippen LogP) is 2.97. The van der Waals surface area contributed by atoms with Crippen LogP contribution in [0, 0.1) is 0 Å². The van der Waals surface area contributed by atoms with Gasteiger partial charge in [0.05, 0.1) is 0 Å². The second-order valence-electron chi connectivity index (χ2n) is 6.99. The average molecular weight is 437 g/mol. The first-order chi connectivity index (χ1) is 14.0. The molecule has 2 aliphatic heterocycles. The van der Waals surface area contributed by atoms with E-state index in [9.17, 15) is 13.2 Å². The summed E-state index contributed by atoms with van der Waals surface area (Å²) in [5, 5.41) is 1.67. The Balaban J connectivity index is 1.60. The Morgan fingerprint density at radius 1 is 1.17 bits per heavy atom. The highest BCUT2D eigenvalue weighted by molar-refractivity contribution is 7.89. The molecule has 156 valence electrons. The van der Waals surface area contributed by atoms with Crippen LogP contribution in [0.1, 0.15) is 35.0 Å². The highest BCUT2D eigenvalue weighted by atomic mass is 32.2. The number of para-hydroxylation sites is 1. The zero-order valence-electron chi connectivity index (χ0n) is 16.3. The van der Waals surface area contributed by atoms with Crippen molar-refractivity contribution in [2.24, 2.45) is 0 Å². The highest BCUT2D eigenvalue weighted by Gasteiger charge is 2.33. The van der Waals surface area contributed by atoms with Crippen molar-refractivity contribution in [1.82, 2.24) is 9.21 Å². The maximum Gasteiger partial charge on any atom is 0.265 e. The molecule has 0 bridgehead atoms. The van der Waals surface area contributed by atoms with E-state index in [1.165, 1.54) is 15.6 Å². The van der Waals surface area contributed by atoms with E-state index < -0.39 is 10.0 Å². The first-order valence-corrected chi connectivity index (χ1v) is 12.1. The van der Waals surface area contributed by atoms with Gasteiger partial charge in [-0.3, -0.25) is 4.79 Å². The lowest BCUT2D eigenvalue weighted by atomic mass is 10.1. The fourth-order valence-electron chi connectivity index (χ4n) is 3.66. The number of hydrogen-bond donors (Lipinski definition) is 0. The van der Waals surface area contributed by atoms with Crippen LogP contribution in [0.2, 0.25) is 0 Å². The van der Waals surface area contributed by atoms with Crippen molar-refractivity contribution in [3.05, 3.63) is 40.1 Å². The Hall–Kier alpha value is -2.10. The van der Waals surface area contributed by atoms with Gasteiger partial charge in [-0.1, -0.05) is 12.1 Å². The molecule has 0 saturated carbocycles. The Morgan fingerprint density at radius 3 is 2.69 bits per heavy atom. The first kappa shape index (κ1) is 20.2. The lowest BCUT2D eigenvalue weighted by molar-refractivity contribution is 0.0750. The quantitative estimate of drug-likeness (QED) is 0.696. The van der Waals surface area contributed by atoms with Gasteiger partial charge in [0.15, 0.2) is 11.5 Å². The Bertz CT molecular complexity index is 996. The van der Waals surface area contributed by atoms with Crippen molar-refractivity contribution in [2.75, 3.05) is 32.8 Å². The van der Waals surface area contributed by atoms with Crippen molar-refractivity contribution in [2.45, 2.75) is 31.2 Å². The van der Waals surface area contributed by atoms with E-state index in [0.29, 0.717) is 50.9 Å². The number of sulfonamides is 1. The summed E-state index contributed by atoms with van der Waals surface area (Å²) in [6, 6.07) is 7.16. The number of thiophene rings is 1. The molecule has 4 rings (SSSR count). The van der Waals surface area contributed by atoms with E-state index in [1.54, 1.807) is 16.3 Å². The predicted molar refractivity (Wildman–Crippen MR) is 110 cm³/mol. The molecule has 0 spiro atoms. The molecule has 2 aromatic rings. The van der Waals surface area contributed by atoms with E-state index in [0.717, 1.165) is 18.4 Å². The SMILES string of the molecule is CCN(Cc1cccc2c1OCCO2)C(=O)c1sccc1S(=O)(=O)N1CCCC1. The van der Waals surface area contributed by atoms with Crippen LogP contribution in [0.4, 0.5) is 0 Å². The molecule has 1 aromatic carbocycles. The van der Waals surface area contributed by atoms with E-state index >= 15 is 0 Å². The number of nitrogens with zero attached hydrogens (tertiary/aromatic N) is 2. The van der Waals surface area contributed by atoms with Crippen molar-refractivity contribution in [1.29, 1.82) is 0 Å². The maximum absolute atomic E-state index is 13.3. The summed E-state index contributed by atoms with van der Waals surface area (Å²) in [5.41, 5.74) is 0.845. The topological polar surface area (TPSA) is 76.1 Å². The van der Waals surface area contributed by atoms with Gasteiger partial charge in [0, 0.05) is 31.7 Å². The summed E-state index contributed by atoms with van der Waals surface area (Å²) < 4.78 is 38.9. The van der Waals surface area contributed by atoms with Crippen LogP contribution < -0.4 is 9.47 Å². The van der Waals surface area contributed by atoms with Crippen LogP contribution in [0.25, 0.3) is 0 Å². The van der Waals surface area contributed by atoms with Gasteiger partial charge in [0.1, 0.15) is 23.0 Å². The lowest BCUT2D eigenvalue weighted by Gasteiger charge is -2.25. The van der Waals surface area contributed by atoms with E-state index in [1.807, 2.05) is 25.1 Å². The van der Waals surface area contributed by atoms with Crippen LogP contribution in [0.3, 0.4) is 0 Å². The maximum atomic E-state index is 13.3. The molecule has 9 heteroatoms. The Morgan fingerprint density at radius 2 is 1.93 bits per heavy atom. The largest absolute Gasteiger partial charge is 0.486 e. The van der Waals surface area contributed by atoms with E-state index in [-0.39, 0.29) is 15.7 Å². The van der Waals surface area contributed by atoms with Crippen LogP contribution in [0.15, 0.2) is 34.5 Å². The monoisotopic (exact) mass is 436 g/mol. The fraction of sp³-hybridized carbons (Fsp3) is 0.450. The van der Waals surface area contributed by atoms with Crippen molar-refractivity contribution >= 4 is 27.3 Å². The molecular weight excluding hydrogens is 412 g/mol. The summed E-state index contributed by atoms with van der Waals surface area (Å²) in [6.45, 7) is 4.64. The second kappa shape index (κ2) is 8.33. The molecule has 7 nitrogen and oxygen atoms in total. The van der Waals surface area contributed by atoms with Gasteiger partial charge in [-0.05, 0) is 37.3 Å². The van der Waals surface area contributed by atoms with Crippen LogP contribution >= 0.6 is 11.3 Å². The van der Waals surface area contributed by atoms with Gasteiger partial charge < -0.3 is 14.4 Å². The number of ether oxygens (including phenoxy) is 2. The number of benzene rings is 1. The van der Waals surface area contributed by atoms with Crippen LogP contribution in [-0.2, 0) is 16.6 Å². The summed E-state index contributed by atoms with van der Waals surface area (Å²) in [5.74, 6) is 1.04. The molecule has 1 aromatic heterocycles. The first-order valence-electron chi connectivity index (χ1n) is 9.76. The van der Waals surface area contributed by atoms with Crippen molar-refractivity contribution in [3.8, 4) is 11.5 Å². The highest BCUT2D eigenvalue weighted by Crippen LogP contribution is 2.35. The molecule has 0 aliphatic carbocycles. The van der Waals surface area contributed by atoms with Gasteiger partial charge in [0.2, 0.25) is 10.0 Å². The lowest BCUT2D eigenvalue weighted by Crippen LogP contribution is -2.33. The van der Waals surface area contributed by atoms with E-state index in [4.69, 9.17) is 9.47 Å². The summed E-state index contributed by atoms with van der Waals surface area (Å²) in [4.78, 5) is 15.3. The van der Waals surface area contributed by atoms with Crippen LogP contribution in [0.5, 0.6) is 11.5 Å². The van der Waals surface area contributed by atoms with Crippen molar-refractivity contribution < 1.29 is 22.7 Å². The minimum absolute atomic E-state index is 0.113. The fourth-order valence-corrected chi connectivity index (χ4v) is 6.54. The smallest absolute Gasteiger partial charge is 0.265 e. The Labute approximate surface area is 174 Å². The molecule has 0 atom stereocenters. The number of carbonyl (C=O) groups excluding carboxylic acids is 1. The molecule has 1 fully saturated rings. The zero-order chi connectivity index (χ0) is 20.4. The van der Waals surface area contributed by atoms with Gasteiger partial charge in [-0.15, -0.1) is 11.3 Å². The summed E-state index contributed by atoms with van der Waals surface area (Å²) in [7, 11) is -3.65. The third-order valence-corrected chi connectivity index (χ3v) is 8.16. The number of carbonyl (C=O) groups is 1. The van der Waals surface area contributed by atoms with Gasteiger partial charge in [0.25, 0.3) is 5.91 Å². The molecule has 29 heavy (non-hydrogen) atoms. The number of rotatable bonds is 6. The minimum atomic E-state index is -3.65. The molecular formula is C20H24N2O5S2. The van der Waals surface area contributed by atoms with Crippen LogP contribution in [-0.4, -0.2) is 56.4 Å². The third kappa shape index (κ3) is 3.86. The summed E-state index contributed by atoms with van der Waals surface area (Å²) in [6.07, 6.45) is 1.71. The molecule has 2 aliphatic rings. The molecule has 0 radical (unpaired) electrons. The minimum Gasteiger partial charge on any atom is -0.486 e. The second-order valence-corrected chi connectivity index (χ2v) is 9.81. The standard InChI is InChI=1S/C20H24N2O5S2/c1-2-21(14-15-6-5-7-16-18(15)27-12-11-26-16)20(23)19-17(8-13-28-19)29(24,25)22-9-3-4-10-22/h5-8,13H,2-4,9-12,14H2,1H3. The number of fused-ring (bicyclic) bond motifs is 1. The van der Waals surface area contributed by atoms with Gasteiger partial charge in [-0.2, -0.15) is 4.31 Å². The normalized spacial score (nSPS) is 16.7. The zero-order valence-corrected chi connectivity index (χ0v) is 17.9. The number of hydrogen-bond acceptors (Lipinski definition) is 6. The molecule has 0 unspecified atom stereocenters. The van der Waals surface area contributed by atoms with Gasteiger partial charge >= 0.3 is 0 Å².